The van der Waals surface area contributed by atoms with Crippen molar-refractivity contribution in [1.29, 1.82) is 0 Å². The number of nitrogens with one attached hydrogen (secondary N) is 1. The number of hydrogen-bond acceptors (Lipinski definition) is 5. The third kappa shape index (κ3) is 5.18. The lowest BCUT2D eigenvalue weighted by molar-refractivity contribution is -0.132. The van der Waals surface area contributed by atoms with Crippen molar-refractivity contribution in [1.82, 2.24) is 9.80 Å². The normalized spacial score (nSPS) is 14.5. The van der Waals surface area contributed by atoms with E-state index >= 15 is 0 Å². The van der Waals surface area contributed by atoms with Gasteiger partial charge in [-0.1, -0.05) is 29.8 Å². The Morgan fingerprint density at radius 2 is 1.78 bits per heavy atom. The van der Waals surface area contributed by atoms with Gasteiger partial charge in [0, 0.05) is 67.9 Å². The van der Waals surface area contributed by atoms with Crippen molar-refractivity contribution in [2.75, 3.05) is 31.5 Å². The molecule has 0 spiro atoms. The Morgan fingerprint density at radius 3 is 2.50 bits per heavy atom. The molecule has 4 rings (SSSR count). The lowest BCUT2D eigenvalue weighted by Gasteiger charge is -2.35. The molecule has 0 atom stereocenters. The number of hydrogen-bond donors (Lipinski definition) is 1. The zero-order chi connectivity index (χ0) is 22.7. The Labute approximate surface area is 190 Å². The van der Waals surface area contributed by atoms with Crippen LogP contribution in [0.5, 0.6) is 0 Å². The Hall–Kier alpha value is -3.16. The molecule has 1 aliphatic rings. The van der Waals surface area contributed by atoms with Gasteiger partial charge in [0.2, 0.25) is 11.8 Å². The van der Waals surface area contributed by atoms with Crippen molar-refractivity contribution in [3.8, 4) is 0 Å². The molecule has 1 N–H and O–H groups in total. The fourth-order valence-electron chi connectivity index (χ4n) is 3.95. The van der Waals surface area contributed by atoms with E-state index in [1.807, 2.05) is 29.2 Å². The molecule has 2 heterocycles. The second kappa shape index (κ2) is 9.54. The molecule has 0 bridgehead atoms. The fourth-order valence-corrected chi connectivity index (χ4v) is 4.16. The first kappa shape index (κ1) is 22.0. The van der Waals surface area contributed by atoms with Crippen molar-refractivity contribution in [2.45, 2.75) is 19.9 Å². The largest absolute Gasteiger partial charge is 0.423 e. The summed E-state index contributed by atoms with van der Waals surface area (Å²) in [5.74, 6) is -0.126. The van der Waals surface area contributed by atoms with Crippen LogP contribution in [-0.4, -0.2) is 47.8 Å². The van der Waals surface area contributed by atoms with Gasteiger partial charge in [-0.25, -0.2) is 4.79 Å². The monoisotopic (exact) mass is 453 g/mol. The number of carbonyl (C=O) groups excluding carboxylic acids is 2. The van der Waals surface area contributed by atoms with Gasteiger partial charge in [-0.05, 0) is 29.3 Å². The zero-order valence-corrected chi connectivity index (χ0v) is 18.5. The minimum Gasteiger partial charge on any atom is -0.423 e. The maximum Gasteiger partial charge on any atom is 0.336 e. The van der Waals surface area contributed by atoms with Crippen LogP contribution in [0.15, 0.2) is 57.7 Å². The number of rotatable bonds is 5. The van der Waals surface area contributed by atoms with Crippen LogP contribution in [0.25, 0.3) is 11.0 Å². The molecular weight excluding hydrogens is 430 g/mol. The molecule has 3 aromatic rings. The molecule has 0 saturated carbocycles. The summed E-state index contributed by atoms with van der Waals surface area (Å²) in [6.45, 7) is 4.66. The van der Waals surface area contributed by atoms with E-state index in [1.165, 1.54) is 13.0 Å². The quantitative estimate of drug-likeness (QED) is 0.599. The molecule has 2 amide bonds. The average Bonchev–Trinajstić information content (AvgIpc) is 2.75. The summed E-state index contributed by atoms with van der Waals surface area (Å²) >= 11 is 6.18. The Balaban J connectivity index is 1.41. The van der Waals surface area contributed by atoms with Crippen LogP contribution in [0.1, 0.15) is 18.1 Å². The Kier molecular flexibility index (Phi) is 6.58. The topological polar surface area (TPSA) is 82.9 Å². The molecule has 166 valence electrons. The Morgan fingerprint density at radius 1 is 1.03 bits per heavy atom. The highest BCUT2D eigenvalue weighted by molar-refractivity contribution is 6.31. The van der Waals surface area contributed by atoms with Gasteiger partial charge in [0.15, 0.2) is 0 Å². The van der Waals surface area contributed by atoms with Crippen molar-refractivity contribution in [2.24, 2.45) is 0 Å². The molecule has 1 aliphatic heterocycles. The minimum absolute atomic E-state index is 0.0639. The van der Waals surface area contributed by atoms with E-state index < -0.39 is 5.63 Å². The third-order valence-corrected chi connectivity index (χ3v) is 5.94. The summed E-state index contributed by atoms with van der Waals surface area (Å²) in [4.78, 5) is 40.1. The highest BCUT2D eigenvalue weighted by Gasteiger charge is 2.22. The standard InChI is InChI=1S/C24H24ClN3O4/c1-16(29)26-19-6-7-20-18(13-24(31)32-22(20)14-19)15-27-8-10-28(11-9-27)23(30)12-17-4-2-3-5-21(17)25/h2-7,13-14H,8-12,15H2,1H3,(H,26,29). The van der Waals surface area contributed by atoms with Gasteiger partial charge in [0.25, 0.3) is 0 Å². The molecule has 1 aromatic heterocycles. The van der Waals surface area contributed by atoms with Crippen LogP contribution in [-0.2, 0) is 22.6 Å². The van der Waals surface area contributed by atoms with Crippen molar-refractivity contribution in [3.63, 3.8) is 0 Å². The van der Waals surface area contributed by atoms with E-state index in [-0.39, 0.29) is 11.8 Å². The maximum absolute atomic E-state index is 12.7. The molecule has 1 fully saturated rings. The van der Waals surface area contributed by atoms with E-state index in [0.29, 0.717) is 55.4 Å². The predicted octanol–water partition coefficient (Wildman–Crippen LogP) is 3.29. The molecular formula is C24H24ClN3O4. The molecule has 1 saturated heterocycles. The molecule has 0 unspecified atom stereocenters. The van der Waals surface area contributed by atoms with Gasteiger partial charge in [-0.3, -0.25) is 14.5 Å². The van der Waals surface area contributed by atoms with Gasteiger partial charge in [0.05, 0.1) is 6.42 Å². The number of halogens is 1. The molecule has 0 aliphatic carbocycles. The van der Waals surface area contributed by atoms with Gasteiger partial charge in [-0.2, -0.15) is 0 Å². The van der Waals surface area contributed by atoms with Crippen molar-refractivity contribution < 1.29 is 14.0 Å². The van der Waals surface area contributed by atoms with Crippen LogP contribution in [0.3, 0.4) is 0 Å². The maximum atomic E-state index is 12.7. The molecule has 7 nitrogen and oxygen atoms in total. The summed E-state index contributed by atoms with van der Waals surface area (Å²) in [6, 6.07) is 14.2. The van der Waals surface area contributed by atoms with Crippen LogP contribution in [0.2, 0.25) is 5.02 Å². The minimum atomic E-state index is -0.430. The van der Waals surface area contributed by atoms with Crippen molar-refractivity contribution in [3.05, 3.63) is 75.1 Å². The lowest BCUT2D eigenvalue weighted by atomic mass is 10.1. The highest BCUT2D eigenvalue weighted by Crippen LogP contribution is 2.23. The van der Waals surface area contributed by atoms with E-state index in [4.69, 9.17) is 16.0 Å². The second-order valence-corrected chi connectivity index (χ2v) is 8.32. The second-order valence-electron chi connectivity index (χ2n) is 7.91. The van der Waals surface area contributed by atoms with E-state index in [0.717, 1.165) is 16.5 Å². The first-order valence-electron chi connectivity index (χ1n) is 10.5. The third-order valence-electron chi connectivity index (χ3n) is 5.57. The number of fused-ring (bicyclic) bond motifs is 1. The van der Waals surface area contributed by atoms with Crippen LogP contribution >= 0.6 is 11.6 Å². The molecule has 2 aromatic carbocycles. The summed E-state index contributed by atoms with van der Waals surface area (Å²) < 4.78 is 5.34. The van der Waals surface area contributed by atoms with Gasteiger partial charge in [0.1, 0.15) is 5.58 Å². The lowest BCUT2D eigenvalue weighted by Crippen LogP contribution is -2.48. The fraction of sp³-hybridized carbons (Fsp3) is 0.292. The number of nitrogens with zero attached hydrogens (tertiary/aromatic N) is 2. The average molecular weight is 454 g/mol. The van der Waals surface area contributed by atoms with E-state index in [1.54, 1.807) is 18.2 Å². The SMILES string of the molecule is CC(=O)Nc1ccc2c(CN3CCN(C(=O)Cc4ccccc4Cl)CC3)cc(=O)oc2c1. The number of amides is 2. The first-order chi connectivity index (χ1) is 15.4. The number of piperazine rings is 1. The van der Waals surface area contributed by atoms with Crippen LogP contribution in [0.4, 0.5) is 5.69 Å². The summed E-state index contributed by atoms with van der Waals surface area (Å²) in [5.41, 5.74) is 2.29. The number of benzene rings is 2. The summed E-state index contributed by atoms with van der Waals surface area (Å²) in [6.07, 6.45) is 0.292. The van der Waals surface area contributed by atoms with Crippen molar-refractivity contribution >= 4 is 40.1 Å². The highest BCUT2D eigenvalue weighted by atomic mass is 35.5. The van der Waals surface area contributed by atoms with Crippen LogP contribution in [0, 0.1) is 0 Å². The number of anilines is 1. The van der Waals surface area contributed by atoms with E-state index in [2.05, 4.69) is 10.2 Å². The number of carbonyl (C=O) groups is 2. The molecule has 0 radical (unpaired) electrons. The predicted molar refractivity (Wildman–Crippen MR) is 124 cm³/mol. The summed E-state index contributed by atoms with van der Waals surface area (Å²) in [5, 5.41) is 4.13. The van der Waals surface area contributed by atoms with Gasteiger partial charge in [-0.15, -0.1) is 0 Å². The summed E-state index contributed by atoms with van der Waals surface area (Å²) in [7, 11) is 0. The van der Waals surface area contributed by atoms with E-state index in [9.17, 15) is 14.4 Å². The van der Waals surface area contributed by atoms with Crippen LogP contribution < -0.4 is 10.9 Å². The molecule has 32 heavy (non-hydrogen) atoms. The smallest absolute Gasteiger partial charge is 0.336 e. The zero-order valence-electron chi connectivity index (χ0n) is 17.8. The molecule has 8 heteroatoms. The first-order valence-corrected chi connectivity index (χ1v) is 10.8. The van der Waals surface area contributed by atoms with Gasteiger partial charge < -0.3 is 14.6 Å². The Bertz CT molecular complexity index is 1220. The van der Waals surface area contributed by atoms with Gasteiger partial charge >= 0.3 is 5.63 Å².